The van der Waals surface area contributed by atoms with Gasteiger partial charge in [-0.3, -0.25) is 9.89 Å². The van der Waals surface area contributed by atoms with E-state index in [0.29, 0.717) is 6.04 Å². The molecule has 94 valence electrons. The van der Waals surface area contributed by atoms with E-state index in [1.54, 1.807) is 0 Å². The number of aliphatic imine (C=N–C) groups is 1. The first kappa shape index (κ1) is 13.7. The van der Waals surface area contributed by atoms with Crippen molar-refractivity contribution in [3.8, 4) is 0 Å². The van der Waals surface area contributed by atoms with Gasteiger partial charge < -0.3 is 5.73 Å². The second-order valence-corrected chi connectivity index (χ2v) is 4.56. The summed E-state index contributed by atoms with van der Waals surface area (Å²) in [5.41, 5.74) is 7.64. The third-order valence-corrected chi connectivity index (χ3v) is 3.03. The number of para-hydroxylation sites is 1. The van der Waals surface area contributed by atoms with Crippen LogP contribution >= 0.6 is 0 Å². The highest BCUT2D eigenvalue weighted by molar-refractivity contribution is 5.86. The first-order chi connectivity index (χ1) is 8.06. The number of hydrogen-bond acceptors (Lipinski definition) is 3. The molecule has 0 heterocycles. The molecule has 17 heavy (non-hydrogen) atoms. The third kappa shape index (κ3) is 3.86. The zero-order chi connectivity index (χ0) is 12.8. The molecule has 1 unspecified atom stereocenters. The molecular weight excluding hydrogens is 210 g/mol. The molecule has 3 nitrogen and oxygen atoms in total. The Balaban J connectivity index is 2.78. The standard InChI is InChI=1S/C14H23N3/c1-5-14(17(4)11(2)3)16-10-12-8-6-7-9-13(12)15/h6-11,14H,5,15H2,1-4H3. The molecule has 0 spiro atoms. The summed E-state index contributed by atoms with van der Waals surface area (Å²) in [5, 5.41) is 0. The Morgan fingerprint density at radius 1 is 1.35 bits per heavy atom. The minimum absolute atomic E-state index is 0.217. The van der Waals surface area contributed by atoms with Crippen molar-refractivity contribution in [2.24, 2.45) is 4.99 Å². The molecule has 0 radical (unpaired) electrons. The summed E-state index contributed by atoms with van der Waals surface area (Å²) >= 11 is 0. The van der Waals surface area contributed by atoms with Crippen LogP contribution in [0.1, 0.15) is 32.8 Å². The fourth-order valence-corrected chi connectivity index (χ4v) is 1.64. The zero-order valence-corrected chi connectivity index (χ0v) is 11.2. The van der Waals surface area contributed by atoms with Crippen molar-refractivity contribution >= 4 is 11.9 Å². The van der Waals surface area contributed by atoms with E-state index in [-0.39, 0.29) is 6.17 Å². The first-order valence-corrected chi connectivity index (χ1v) is 6.15. The number of hydrogen-bond donors (Lipinski definition) is 1. The van der Waals surface area contributed by atoms with E-state index in [1.165, 1.54) is 0 Å². The lowest BCUT2D eigenvalue weighted by atomic mass is 10.2. The fraction of sp³-hybridized carbons (Fsp3) is 0.500. The smallest absolute Gasteiger partial charge is 0.102 e. The fourth-order valence-electron chi connectivity index (χ4n) is 1.64. The molecule has 0 fully saturated rings. The lowest BCUT2D eigenvalue weighted by Crippen LogP contribution is -2.35. The Kier molecular flexibility index (Phi) is 5.16. The molecule has 0 saturated carbocycles. The van der Waals surface area contributed by atoms with E-state index < -0.39 is 0 Å². The molecule has 0 bridgehead atoms. The lowest BCUT2D eigenvalue weighted by Gasteiger charge is -2.27. The highest BCUT2D eigenvalue weighted by atomic mass is 15.2. The summed E-state index contributed by atoms with van der Waals surface area (Å²) < 4.78 is 0. The number of rotatable bonds is 5. The minimum Gasteiger partial charge on any atom is -0.398 e. The summed E-state index contributed by atoms with van der Waals surface area (Å²) in [6, 6.07) is 8.29. The van der Waals surface area contributed by atoms with Gasteiger partial charge in [0.05, 0.1) is 0 Å². The molecule has 2 N–H and O–H groups in total. The van der Waals surface area contributed by atoms with Gasteiger partial charge in [-0.1, -0.05) is 25.1 Å². The highest BCUT2D eigenvalue weighted by Crippen LogP contribution is 2.11. The van der Waals surface area contributed by atoms with Gasteiger partial charge >= 0.3 is 0 Å². The van der Waals surface area contributed by atoms with Gasteiger partial charge in [-0.05, 0) is 33.4 Å². The van der Waals surface area contributed by atoms with E-state index in [2.05, 4.69) is 37.7 Å². The van der Waals surface area contributed by atoms with Crippen LogP contribution in [-0.4, -0.2) is 30.4 Å². The van der Waals surface area contributed by atoms with Crippen molar-refractivity contribution in [1.82, 2.24) is 4.90 Å². The topological polar surface area (TPSA) is 41.6 Å². The van der Waals surface area contributed by atoms with Gasteiger partial charge in [0.15, 0.2) is 0 Å². The van der Waals surface area contributed by atoms with Crippen LogP contribution in [0.2, 0.25) is 0 Å². The van der Waals surface area contributed by atoms with Crippen LogP contribution in [-0.2, 0) is 0 Å². The van der Waals surface area contributed by atoms with Crippen LogP contribution < -0.4 is 5.73 Å². The van der Waals surface area contributed by atoms with Crippen molar-refractivity contribution in [1.29, 1.82) is 0 Å². The van der Waals surface area contributed by atoms with Crippen molar-refractivity contribution in [3.63, 3.8) is 0 Å². The Morgan fingerprint density at radius 3 is 2.53 bits per heavy atom. The summed E-state index contributed by atoms with van der Waals surface area (Å²) in [7, 11) is 2.10. The highest BCUT2D eigenvalue weighted by Gasteiger charge is 2.13. The SMILES string of the molecule is CCC(N=Cc1ccccc1N)N(C)C(C)C. The number of nitrogens with zero attached hydrogens (tertiary/aromatic N) is 2. The van der Waals surface area contributed by atoms with Gasteiger partial charge in [-0.15, -0.1) is 0 Å². The largest absolute Gasteiger partial charge is 0.398 e. The maximum absolute atomic E-state index is 5.88. The van der Waals surface area contributed by atoms with E-state index in [1.807, 2.05) is 30.5 Å². The number of benzene rings is 1. The molecule has 0 aliphatic heterocycles. The van der Waals surface area contributed by atoms with Crippen molar-refractivity contribution in [3.05, 3.63) is 29.8 Å². The molecule has 1 atom stereocenters. The van der Waals surface area contributed by atoms with Gasteiger partial charge in [-0.25, -0.2) is 0 Å². The van der Waals surface area contributed by atoms with Gasteiger partial charge in [-0.2, -0.15) is 0 Å². The van der Waals surface area contributed by atoms with E-state index in [9.17, 15) is 0 Å². The van der Waals surface area contributed by atoms with Crippen molar-refractivity contribution < 1.29 is 0 Å². The summed E-state index contributed by atoms with van der Waals surface area (Å²) in [5.74, 6) is 0. The molecule has 1 aromatic rings. The summed E-state index contributed by atoms with van der Waals surface area (Å²) in [6.07, 6.45) is 3.09. The van der Waals surface area contributed by atoms with Crippen LogP contribution in [0.3, 0.4) is 0 Å². The van der Waals surface area contributed by atoms with E-state index >= 15 is 0 Å². The van der Waals surface area contributed by atoms with Crippen LogP contribution in [0.5, 0.6) is 0 Å². The second kappa shape index (κ2) is 6.40. The third-order valence-electron chi connectivity index (χ3n) is 3.03. The molecule has 0 amide bonds. The zero-order valence-electron chi connectivity index (χ0n) is 11.2. The van der Waals surface area contributed by atoms with Crippen LogP contribution in [0.25, 0.3) is 0 Å². The minimum atomic E-state index is 0.217. The Morgan fingerprint density at radius 2 is 2.00 bits per heavy atom. The normalized spacial score (nSPS) is 13.8. The summed E-state index contributed by atoms with van der Waals surface area (Å²) in [4.78, 5) is 6.87. The monoisotopic (exact) mass is 233 g/mol. The van der Waals surface area contributed by atoms with Crippen LogP contribution in [0.4, 0.5) is 5.69 Å². The molecule has 0 aromatic heterocycles. The van der Waals surface area contributed by atoms with Gasteiger partial charge in [0.1, 0.15) is 6.17 Å². The van der Waals surface area contributed by atoms with Crippen LogP contribution in [0.15, 0.2) is 29.3 Å². The molecule has 0 aliphatic rings. The average Bonchev–Trinajstić information content (AvgIpc) is 2.31. The van der Waals surface area contributed by atoms with Gasteiger partial charge in [0, 0.05) is 23.5 Å². The summed E-state index contributed by atoms with van der Waals surface area (Å²) in [6.45, 7) is 6.50. The van der Waals surface area contributed by atoms with Crippen LogP contribution in [0, 0.1) is 0 Å². The maximum Gasteiger partial charge on any atom is 0.102 e. The van der Waals surface area contributed by atoms with Crippen molar-refractivity contribution in [2.75, 3.05) is 12.8 Å². The quantitative estimate of drug-likeness (QED) is 0.627. The predicted octanol–water partition coefficient (Wildman–Crippen LogP) is 2.76. The average molecular weight is 233 g/mol. The molecule has 1 rings (SSSR count). The number of nitrogen functional groups attached to an aromatic ring is 1. The van der Waals surface area contributed by atoms with E-state index in [0.717, 1.165) is 17.7 Å². The molecule has 1 aromatic carbocycles. The van der Waals surface area contributed by atoms with E-state index in [4.69, 9.17) is 5.73 Å². The predicted molar refractivity (Wildman–Crippen MR) is 75.4 cm³/mol. The molecule has 3 heteroatoms. The maximum atomic E-state index is 5.88. The van der Waals surface area contributed by atoms with Crippen molar-refractivity contribution in [2.45, 2.75) is 39.4 Å². The Bertz CT molecular complexity index is 371. The Hall–Kier alpha value is -1.35. The molecule has 0 saturated heterocycles. The first-order valence-electron chi connectivity index (χ1n) is 6.15. The lowest BCUT2D eigenvalue weighted by molar-refractivity contribution is 0.197. The van der Waals surface area contributed by atoms with Gasteiger partial charge in [0.2, 0.25) is 0 Å². The number of nitrogens with two attached hydrogens (primary N) is 1. The number of anilines is 1. The second-order valence-electron chi connectivity index (χ2n) is 4.56. The Labute approximate surface area is 104 Å². The molecular formula is C14H23N3. The molecule has 0 aliphatic carbocycles. The van der Waals surface area contributed by atoms with Gasteiger partial charge in [0.25, 0.3) is 0 Å².